The van der Waals surface area contributed by atoms with Crippen LogP contribution < -0.4 is 5.73 Å². The highest BCUT2D eigenvalue weighted by Gasteiger charge is 2.20. The SMILES string of the molecule is Cn1cnnc1CN1CCCC(CCN)C1. The van der Waals surface area contributed by atoms with Gasteiger partial charge in [-0.05, 0) is 38.3 Å². The average molecular weight is 223 g/mol. The molecule has 1 atom stereocenters. The summed E-state index contributed by atoms with van der Waals surface area (Å²) in [5.41, 5.74) is 5.62. The molecular formula is C11H21N5. The van der Waals surface area contributed by atoms with Crippen LogP contribution in [-0.2, 0) is 13.6 Å². The number of likely N-dealkylation sites (tertiary alicyclic amines) is 1. The van der Waals surface area contributed by atoms with Crippen molar-refractivity contribution < 1.29 is 0 Å². The van der Waals surface area contributed by atoms with Crippen molar-refractivity contribution >= 4 is 0 Å². The largest absolute Gasteiger partial charge is 0.330 e. The average Bonchev–Trinajstić information content (AvgIpc) is 2.66. The monoisotopic (exact) mass is 223 g/mol. The molecular weight excluding hydrogens is 202 g/mol. The van der Waals surface area contributed by atoms with E-state index in [4.69, 9.17) is 5.73 Å². The van der Waals surface area contributed by atoms with Crippen LogP contribution in [-0.4, -0.2) is 39.3 Å². The van der Waals surface area contributed by atoms with Gasteiger partial charge in [0.15, 0.2) is 0 Å². The Hall–Kier alpha value is -0.940. The van der Waals surface area contributed by atoms with Gasteiger partial charge in [0.05, 0.1) is 6.54 Å². The predicted octanol–water partition coefficient (Wildman–Crippen LogP) is 0.376. The summed E-state index contributed by atoms with van der Waals surface area (Å²) >= 11 is 0. The van der Waals surface area contributed by atoms with Gasteiger partial charge in [-0.15, -0.1) is 10.2 Å². The highest BCUT2D eigenvalue weighted by atomic mass is 15.3. The Labute approximate surface area is 96.6 Å². The summed E-state index contributed by atoms with van der Waals surface area (Å²) < 4.78 is 1.99. The zero-order chi connectivity index (χ0) is 11.4. The highest BCUT2D eigenvalue weighted by molar-refractivity contribution is 4.86. The van der Waals surface area contributed by atoms with Crippen molar-refractivity contribution in [2.75, 3.05) is 19.6 Å². The molecule has 1 aliphatic rings. The third kappa shape index (κ3) is 2.80. The fraction of sp³-hybridized carbons (Fsp3) is 0.818. The number of aromatic nitrogens is 3. The third-order valence-corrected chi connectivity index (χ3v) is 3.35. The number of hydrogen-bond donors (Lipinski definition) is 1. The van der Waals surface area contributed by atoms with Crippen LogP contribution >= 0.6 is 0 Å². The molecule has 0 saturated carbocycles. The van der Waals surface area contributed by atoms with Crippen molar-refractivity contribution in [3.05, 3.63) is 12.2 Å². The quantitative estimate of drug-likeness (QED) is 0.801. The second-order valence-corrected chi connectivity index (χ2v) is 4.68. The first-order valence-corrected chi connectivity index (χ1v) is 6.05. The van der Waals surface area contributed by atoms with Crippen LogP contribution in [0.4, 0.5) is 0 Å². The molecule has 2 heterocycles. The van der Waals surface area contributed by atoms with Crippen LogP contribution in [0.15, 0.2) is 6.33 Å². The van der Waals surface area contributed by atoms with E-state index in [1.807, 2.05) is 11.6 Å². The number of nitrogens with two attached hydrogens (primary N) is 1. The van der Waals surface area contributed by atoms with Crippen LogP contribution in [0.5, 0.6) is 0 Å². The van der Waals surface area contributed by atoms with Crippen molar-refractivity contribution in [2.24, 2.45) is 18.7 Å². The molecule has 2 N–H and O–H groups in total. The summed E-state index contributed by atoms with van der Waals surface area (Å²) in [5.74, 6) is 1.82. The van der Waals surface area contributed by atoms with E-state index in [0.717, 1.165) is 37.8 Å². The van der Waals surface area contributed by atoms with Crippen molar-refractivity contribution in [3.8, 4) is 0 Å². The Balaban J connectivity index is 1.88. The van der Waals surface area contributed by atoms with E-state index in [2.05, 4.69) is 15.1 Å². The fourth-order valence-electron chi connectivity index (χ4n) is 2.42. The number of aryl methyl sites for hydroxylation is 1. The first-order valence-electron chi connectivity index (χ1n) is 6.05. The lowest BCUT2D eigenvalue weighted by Gasteiger charge is -2.32. The molecule has 1 aromatic rings. The van der Waals surface area contributed by atoms with Crippen molar-refractivity contribution in [2.45, 2.75) is 25.8 Å². The number of piperidine rings is 1. The summed E-state index contributed by atoms with van der Waals surface area (Å²) in [5, 5.41) is 8.04. The molecule has 0 aliphatic carbocycles. The van der Waals surface area contributed by atoms with Crippen LogP contribution in [0, 0.1) is 5.92 Å². The van der Waals surface area contributed by atoms with Crippen LogP contribution in [0.3, 0.4) is 0 Å². The van der Waals surface area contributed by atoms with E-state index >= 15 is 0 Å². The lowest BCUT2D eigenvalue weighted by Crippen LogP contribution is -2.36. The van der Waals surface area contributed by atoms with Gasteiger partial charge in [0.1, 0.15) is 12.2 Å². The van der Waals surface area contributed by atoms with Crippen LogP contribution in [0.1, 0.15) is 25.1 Å². The molecule has 1 saturated heterocycles. The van der Waals surface area contributed by atoms with Crippen molar-refractivity contribution in [1.82, 2.24) is 19.7 Å². The molecule has 5 nitrogen and oxygen atoms in total. The zero-order valence-corrected chi connectivity index (χ0v) is 9.97. The number of nitrogens with zero attached hydrogens (tertiary/aromatic N) is 4. The van der Waals surface area contributed by atoms with Gasteiger partial charge in [0.25, 0.3) is 0 Å². The molecule has 1 aromatic heterocycles. The molecule has 1 unspecified atom stereocenters. The number of rotatable bonds is 4. The third-order valence-electron chi connectivity index (χ3n) is 3.35. The Morgan fingerprint density at radius 3 is 3.12 bits per heavy atom. The Morgan fingerprint density at radius 1 is 1.56 bits per heavy atom. The van der Waals surface area contributed by atoms with E-state index in [1.54, 1.807) is 6.33 Å². The topological polar surface area (TPSA) is 60.0 Å². The smallest absolute Gasteiger partial charge is 0.146 e. The Bertz CT molecular complexity index is 320. The second-order valence-electron chi connectivity index (χ2n) is 4.68. The van der Waals surface area contributed by atoms with E-state index in [0.29, 0.717) is 0 Å². The molecule has 0 amide bonds. The molecule has 90 valence electrons. The minimum Gasteiger partial charge on any atom is -0.330 e. The second kappa shape index (κ2) is 5.41. The maximum Gasteiger partial charge on any atom is 0.146 e. The fourth-order valence-corrected chi connectivity index (χ4v) is 2.42. The summed E-state index contributed by atoms with van der Waals surface area (Å²) in [6.07, 6.45) is 5.51. The van der Waals surface area contributed by atoms with Gasteiger partial charge in [0.2, 0.25) is 0 Å². The van der Waals surface area contributed by atoms with Gasteiger partial charge in [-0.2, -0.15) is 0 Å². The van der Waals surface area contributed by atoms with Gasteiger partial charge in [-0.25, -0.2) is 0 Å². The number of hydrogen-bond acceptors (Lipinski definition) is 4. The minimum atomic E-state index is 0.770. The minimum absolute atomic E-state index is 0.770. The van der Waals surface area contributed by atoms with Gasteiger partial charge in [0, 0.05) is 13.6 Å². The maximum atomic E-state index is 5.62. The van der Waals surface area contributed by atoms with E-state index in [1.165, 1.54) is 19.4 Å². The molecule has 16 heavy (non-hydrogen) atoms. The molecule has 0 bridgehead atoms. The first-order chi connectivity index (χ1) is 7.79. The maximum absolute atomic E-state index is 5.62. The molecule has 1 aliphatic heterocycles. The highest BCUT2D eigenvalue weighted by Crippen LogP contribution is 2.19. The Morgan fingerprint density at radius 2 is 2.44 bits per heavy atom. The van der Waals surface area contributed by atoms with Crippen molar-refractivity contribution in [3.63, 3.8) is 0 Å². The van der Waals surface area contributed by atoms with Gasteiger partial charge >= 0.3 is 0 Å². The lowest BCUT2D eigenvalue weighted by atomic mass is 9.95. The molecule has 0 spiro atoms. The molecule has 0 radical (unpaired) electrons. The summed E-state index contributed by atoms with van der Waals surface area (Å²) in [6.45, 7) is 4.05. The van der Waals surface area contributed by atoms with Crippen LogP contribution in [0.2, 0.25) is 0 Å². The zero-order valence-electron chi connectivity index (χ0n) is 9.97. The van der Waals surface area contributed by atoms with Crippen LogP contribution in [0.25, 0.3) is 0 Å². The van der Waals surface area contributed by atoms with E-state index in [-0.39, 0.29) is 0 Å². The molecule has 5 heteroatoms. The molecule has 0 aromatic carbocycles. The predicted molar refractivity (Wildman–Crippen MR) is 62.7 cm³/mol. The summed E-state index contributed by atoms with van der Waals surface area (Å²) in [6, 6.07) is 0. The van der Waals surface area contributed by atoms with E-state index < -0.39 is 0 Å². The Kier molecular flexibility index (Phi) is 3.90. The normalized spacial score (nSPS) is 22.5. The van der Waals surface area contributed by atoms with Crippen molar-refractivity contribution in [1.29, 1.82) is 0 Å². The summed E-state index contributed by atoms with van der Waals surface area (Å²) in [7, 11) is 2.00. The van der Waals surface area contributed by atoms with E-state index in [9.17, 15) is 0 Å². The molecule has 1 fully saturated rings. The van der Waals surface area contributed by atoms with Gasteiger partial charge < -0.3 is 10.3 Å². The first kappa shape index (κ1) is 11.5. The van der Waals surface area contributed by atoms with Gasteiger partial charge in [-0.1, -0.05) is 0 Å². The van der Waals surface area contributed by atoms with Gasteiger partial charge in [-0.3, -0.25) is 4.90 Å². The molecule has 2 rings (SSSR count). The standard InChI is InChI=1S/C11H21N5/c1-15-9-13-14-11(15)8-16-6-2-3-10(7-16)4-5-12/h9-10H,2-8,12H2,1H3. The summed E-state index contributed by atoms with van der Waals surface area (Å²) in [4.78, 5) is 2.47. The lowest BCUT2D eigenvalue weighted by molar-refractivity contribution is 0.158.